The number of amides is 1. The van der Waals surface area contributed by atoms with E-state index in [9.17, 15) is 9.59 Å². The Morgan fingerprint density at radius 1 is 1.28 bits per heavy atom. The predicted molar refractivity (Wildman–Crippen MR) is 103 cm³/mol. The molecular formula is C18H28ClN3O3. The zero-order valence-electron chi connectivity index (χ0n) is 15.1. The minimum Gasteiger partial charge on any atom is -0.462 e. The first-order chi connectivity index (χ1) is 11.5. The van der Waals surface area contributed by atoms with Crippen molar-refractivity contribution in [3.63, 3.8) is 0 Å². The molecular weight excluding hydrogens is 342 g/mol. The molecule has 1 saturated heterocycles. The molecule has 0 saturated carbocycles. The molecule has 0 radical (unpaired) electrons. The van der Waals surface area contributed by atoms with Crippen LogP contribution in [-0.4, -0.2) is 37.6 Å². The summed E-state index contributed by atoms with van der Waals surface area (Å²) in [5.41, 5.74) is 1.87. The lowest BCUT2D eigenvalue weighted by atomic mass is 9.92. The Balaban J connectivity index is 0.00000312. The lowest BCUT2D eigenvalue weighted by Crippen LogP contribution is -2.40. The van der Waals surface area contributed by atoms with Crippen LogP contribution in [0.2, 0.25) is 0 Å². The number of carbonyl (C=O) groups excluding carboxylic acids is 2. The minimum absolute atomic E-state index is 0. The van der Waals surface area contributed by atoms with Crippen molar-refractivity contribution in [1.82, 2.24) is 5.32 Å². The molecule has 1 aromatic rings. The molecule has 1 amide bonds. The largest absolute Gasteiger partial charge is 0.462 e. The van der Waals surface area contributed by atoms with Crippen LogP contribution < -0.4 is 16.0 Å². The molecule has 7 heteroatoms. The highest BCUT2D eigenvalue weighted by atomic mass is 35.5. The van der Waals surface area contributed by atoms with Gasteiger partial charge in [0.1, 0.15) is 0 Å². The summed E-state index contributed by atoms with van der Waals surface area (Å²) in [6, 6.07) is 5.53. The van der Waals surface area contributed by atoms with Gasteiger partial charge in [0, 0.05) is 18.5 Å². The van der Waals surface area contributed by atoms with Crippen molar-refractivity contribution in [3.05, 3.63) is 23.8 Å². The van der Waals surface area contributed by atoms with E-state index in [2.05, 4.69) is 22.9 Å². The maximum atomic E-state index is 12.6. The van der Waals surface area contributed by atoms with Gasteiger partial charge in [0.05, 0.1) is 23.5 Å². The maximum Gasteiger partial charge on any atom is 0.338 e. The van der Waals surface area contributed by atoms with Gasteiger partial charge in [-0.25, -0.2) is 4.79 Å². The van der Waals surface area contributed by atoms with E-state index in [0.717, 1.165) is 31.6 Å². The molecule has 0 aromatic heterocycles. The molecule has 3 N–H and O–H groups in total. The van der Waals surface area contributed by atoms with Gasteiger partial charge < -0.3 is 20.7 Å². The smallest absolute Gasteiger partial charge is 0.338 e. The number of hydrogen-bond acceptors (Lipinski definition) is 5. The van der Waals surface area contributed by atoms with E-state index < -0.39 is 0 Å². The van der Waals surface area contributed by atoms with Crippen LogP contribution in [-0.2, 0) is 9.53 Å². The molecule has 6 nitrogen and oxygen atoms in total. The molecule has 0 unspecified atom stereocenters. The first kappa shape index (κ1) is 21.3. The van der Waals surface area contributed by atoms with Gasteiger partial charge in [-0.15, -0.1) is 12.4 Å². The Morgan fingerprint density at radius 3 is 2.68 bits per heavy atom. The van der Waals surface area contributed by atoms with Crippen molar-refractivity contribution < 1.29 is 14.3 Å². The average molecular weight is 370 g/mol. The molecule has 0 bridgehead atoms. The van der Waals surface area contributed by atoms with Crippen LogP contribution >= 0.6 is 12.4 Å². The number of carbonyl (C=O) groups is 2. The summed E-state index contributed by atoms with van der Waals surface area (Å²) in [5, 5.41) is 9.55. The molecule has 1 heterocycles. The van der Waals surface area contributed by atoms with Crippen molar-refractivity contribution in [2.24, 2.45) is 5.92 Å². The Morgan fingerprint density at radius 2 is 2.04 bits per heavy atom. The van der Waals surface area contributed by atoms with E-state index in [0.29, 0.717) is 23.9 Å². The van der Waals surface area contributed by atoms with E-state index in [1.165, 1.54) is 0 Å². The normalized spacial score (nSPS) is 19.5. The van der Waals surface area contributed by atoms with Crippen molar-refractivity contribution in [2.75, 3.05) is 30.3 Å². The third-order valence-corrected chi connectivity index (χ3v) is 4.15. The number of ether oxygens (including phenoxy) is 1. The number of nitrogens with one attached hydrogen (secondary N) is 3. The van der Waals surface area contributed by atoms with Gasteiger partial charge in [0.2, 0.25) is 5.91 Å². The number of piperidine rings is 1. The molecule has 2 atom stereocenters. The van der Waals surface area contributed by atoms with Crippen molar-refractivity contribution in [1.29, 1.82) is 0 Å². The van der Waals surface area contributed by atoms with E-state index in [1.807, 2.05) is 6.92 Å². The first-order valence-electron chi connectivity index (χ1n) is 8.64. The highest BCUT2D eigenvalue weighted by molar-refractivity contribution is 5.98. The summed E-state index contributed by atoms with van der Waals surface area (Å²) in [6.07, 6.45) is 1.64. The molecule has 140 valence electrons. The quantitative estimate of drug-likeness (QED) is 0.671. The van der Waals surface area contributed by atoms with Crippen LogP contribution in [0.15, 0.2) is 18.2 Å². The van der Waals surface area contributed by atoms with Gasteiger partial charge in [-0.2, -0.15) is 0 Å². The van der Waals surface area contributed by atoms with Crippen LogP contribution in [0.3, 0.4) is 0 Å². The second-order valence-electron chi connectivity index (χ2n) is 6.08. The number of rotatable bonds is 6. The second-order valence-corrected chi connectivity index (χ2v) is 6.08. The molecule has 1 fully saturated rings. The number of benzene rings is 1. The lowest BCUT2D eigenvalue weighted by Gasteiger charge is -2.27. The van der Waals surface area contributed by atoms with Crippen LogP contribution in [0.25, 0.3) is 0 Å². The average Bonchev–Trinajstić information content (AvgIpc) is 2.56. The minimum atomic E-state index is -0.383. The Bertz CT molecular complexity index is 595. The van der Waals surface area contributed by atoms with Crippen LogP contribution in [0.1, 0.15) is 44.0 Å². The van der Waals surface area contributed by atoms with Gasteiger partial charge in [-0.05, 0) is 58.4 Å². The molecule has 25 heavy (non-hydrogen) atoms. The van der Waals surface area contributed by atoms with Gasteiger partial charge in [-0.1, -0.05) is 0 Å². The van der Waals surface area contributed by atoms with Crippen LogP contribution in [0.5, 0.6) is 0 Å². The van der Waals surface area contributed by atoms with E-state index in [-0.39, 0.29) is 30.2 Å². The summed E-state index contributed by atoms with van der Waals surface area (Å²) < 4.78 is 5.04. The van der Waals surface area contributed by atoms with Gasteiger partial charge >= 0.3 is 5.97 Å². The number of anilines is 2. The van der Waals surface area contributed by atoms with Crippen molar-refractivity contribution >= 4 is 35.7 Å². The Hall–Kier alpha value is -1.79. The fourth-order valence-electron chi connectivity index (χ4n) is 2.94. The van der Waals surface area contributed by atoms with Crippen LogP contribution in [0.4, 0.5) is 11.4 Å². The van der Waals surface area contributed by atoms with Crippen molar-refractivity contribution in [2.45, 2.75) is 39.7 Å². The third kappa shape index (κ3) is 5.90. The number of hydrogen-bond donors (Lipinski definition) is 3. The Kier molecular flexibility index (Phi) is 8.72. The lowest BCUT2D eigenvalue weighted by molar-refractivity contribution is -0.120. The first-order valence-corrected chi connectivity index (χ1v) is 8.64. The van der Waals surface area contributed by atoms with Crippen LogP contribution in [0, 0.1) is 5.92 Å². The molecule has 1 aromatic carbocycles. The highest BCUT2D eigenvalue weighted by Gasteiger charge is 2.25. The SMILES string of the molecule is CCNc1ccc(C(=O)OCC)cc1NC(=O)[C@H]1CCN[C@@H](C)C1.Cl. The monoisotopic (exact) mass is 369 g/mol. The van der Waals surface area contributed by atoms with E-state index >= 15 is 0 Å². The fraction of sp³-hybridized carbons (Fsp3) is 0.556. The molecule has 2 rings (SSSR count). The van der Waals surface area contributed by atoms with E-state index in [1.54, 1.807) is 25.1 Å². The summed E-state index contributed by atoms with van der Waals surface area (Å²) in [6.45, 7) is 7.74. The zero-order chi connectivity index (χ0) is 17.5. The fourth-order valence-corrected chi connectivity index (χ4v) is 2.94. The van der Waals surface area contributed by atoms with Gasteiger partial charge in [-0.3, -0.25) is 4.79 Å². The zero-order valence-corrected chi connectivity index (χ0v) is 15.9. The summed E-state index contributed by atoms with van der Waals surface area (Å²) in [4.78, 5) is 24.5. The number of halogens is 1. The third-order valence-electron chi connectivity index (χ3n) is 4.15. The standard InChI is InChI=1S/C18H27N3O3.ClH/c1-4-19-15-7-6-14(18(23)24-5-2)11-16(15)21-17(22)13-8-9-20-12(3)10-13;/h6-7,11-13,19-20H,4-5,8-10H2,1-3H3,(H,21,22);1H/t12-,13-;/m0./s1. The summed E-state index contributed by atoms with van der Waals surface area (Å²) in [7, 11) is 0. The Labute approximate surface area is 155 Å². The van der Waals surface area contributed by atoms with E-state index in [4.69, 9.17) is 4.74 Å². The molecule has 1 aliphatic heterocycles. The predicted octanol–water partition coefficient (Wildman–Crippen LogP) is 3.04. The van der Waals surface area contributed by atoms with Gasteiger partial charge in [0.25, 0.3) is 0 Å². The molecule has 1 aliphatic rings. The molecule has 0 aliphatic carbocycles. The van der Waals surface area contributed by atoms with Gasteiger partial charge in [0.15, 0.2) is 0 Å². The van der Waals surface area contributed by atoms with Crippen molar-refractivity contribution in [3.8, 4) is 0 Å². The summed E-state index contributed by atoms with van der Waals surface area (Å²) in [5.74, 6) is -0.392. The summed E-state index contributed by atoms with van der Waals surface area (Å²) >= 11 is 0. The number of esters is 1. The highest BCUT2D eigenvalue weighted by Crippen LogP contribution is 2.26. The maximum absolute atomic E-state index is 12.6. The topological polar surface area (TPSA) is 79.5 Å². The second kappa shape index (κ2) is 10.3. The molecule has 0 spiro atoms.